The van der Waals surface area contributed by atoms with Crippen molar-refractivity contribution >= 4 is 0 Å². The third-order valence-electron chi connectivity index (χ3n) is 4.63. The molecule has 0 aliphatic heterocycles. The third-order valence-corrected chi connectivity index (χ3v) is 4.63. The van der Waals surface area contributed by atoms with E-state index in [9.17, 15) is 0 Å². The minimum absolute atomic E-state index is 0.260. The molecule has 1 aliphatic carbocycles. The van der Waals surface area contributed by atoms with Crippen LogP contribution in [0.15, 0.2) is 42.6 Å². The number of nitrogens with zero attached hydrogens (tertiary/aromatic N) is 1. The molecule has 1 heterocycles. The molecule has 2 unspecified atom stereocenters. The quantitative estimate of drug-likeness (QED) is 0.938. The Bertz CT molecular complexity index is 619. The van der Waals surface area contributed by atoms with E-state index in [4.69, 9.17) is 10.5 Å². The number of nitrogens with two attached hydrogens (primary N) is 1. The van der Waals surface area contributed by atoms with Crippen molar-refractivity contribution in [2.45, 2.75) is 37.6 Å². The Hall–Kier alpha value is -1.87. The molecule has 0 fully saturated rings. The number of hydrogen-bond donors (Lipinski definition) is 1. The van der Waals surface area contributed by atoms with Gasteiger partial charge in [0.15, 0.2) is 0 Å². The van der Waals surface area contributed by atoms with Crippen LogP contribution in [0.3, 0.4) is 0 Å². The van der Waals surface area contributed by atoms with E-state index in [1.54, 1.807) is 7.11 Å². The van der Waals surface area contributed by atoms with Gasteiger partial charge in [0, 0.05) is 23.3 Å². The summed E-state index contributed by atoms with van der Waals surface area (Å²) in [5, 5.41) is 0. The van der Waals surface area contributed by atoms with Gasteiger partial charge >= 0.3 is 0 Å². The molecule has 21 heavy (non-hydrogen) atoms. The van der Waals surface area contributed by atoms with Crippen LogP contribution in [0.4, 0.5) is 0 Å². The van der Waals surface area contributed by atoms with Crippen LogP contribution in [-0.4, -0.2) is 12.1 Å². The van der Waals surface area contributed by atoms with Crippen LogP contribution >= 0.6 is 0 Å². The molecule has 3 nitrogen and oxygen atoms in total. The minimum Gasteiger partial charge on any atom is -0.497 e. The lowest BCUT2D eigenvalue weighted by atomic mass is 9.72. The van der Waals surface area contributed by atoms with Crippen LogP contribution in [0.1, 0.15) is 42.5 Å². The van der Waals surface area contributed by atoms with E-state index in [0.717, 1.165) is 24.2 Å². The molecular formula is C18H22N2O. The Morgan fingerprint density at radius 3 is 2.71 bits per heavy atom. The number of hydrogen-bond acceptors (Lipinski definition) is 3. The normalized spacial score (nSPS) is 20.4. The van der Waals surface area contributed by atoms with Crippen LogP contribution < -0.4 is 10.5 Å². The molecule has 110 valence electrons. The zero-order valence-corrected chi connectivity index (χ0v) is 12.7. The molecule has 0 radical (unpaired) electrons. The molecular weight excluding hydrogens is 260 g/mol. The van der Waals surface area contributed by atoms with Crippen molar-refractivity contribution in [2.24, 2.45) is 5.73 Å². The van der Waals surface area contributed by atoms with Gasteiger partial charge in [0.2, 0.25) is 0 Å². The standard InChI is InChI=1S/C18H22N2O/c1-18(19,14-8-10-15(21-2)11-9-14)16-7-3-5-13-6-4-12-20-17(13)16/h4,6,8-12,16H,3,5,7,19H2,1-2H3. The summed E-state index contributed by atoms with van der Waals surface area (Å²) >= 11 is 0. The average Bonchev–Trinajstić information content (AvgIpc) is 2.54. The second kappa shape index (κ2) is 5.49. The van der Waals surface area contributed by atoms with E-state index in [1.165, 1.54) is 17.7 Å². The Balaban J connectivity index is 1.98. The predicted molar refractivity (Wildman–Crippen MR) is 84.4 cm³/mol. The lowest BCUT2D eigenvalue weighted by Crippen LogP contribution is -2.41. The first-order valence-corrected chi connectivity index (χ1v) is 7.50. The lowest BCUT2D eigenvalue weighted by Gasteiger charge is -2.37. The first-order chi connectivity index (χ1) is 10.1. The molecule has 2 N–H and O–H groups in total. The highest BCUT2D eigenvalue weighted by molar-refractivity contribution is 5.37. The van der Waals surface area contributed by atoms with Gasteiger partial charge in [0.05, 0.1) is 7.11 Å². The molecule has 0 spiro atoms. The van der Waals surface area contributed by atoms with Crippen LogP contribution in [-0.2, 0) is 12.0 Å². The predicted octanol–water partition coefficient (Wildman–Crippen LogP) is 3.38. The van der Waals surface area contributed by atoms with Crippen LogP contribution in [0.25, 0.3) is 0 Å². The Morgan fingerprint density at radius 2 is 2.00 bits per heavy atom. The van der Waals surface area contributed by atoms with Gasteiger partial charge in [-0.15, -0.1) is 0 Å². The first kappa shape index (κ1) is 14.1. The number of aryl methyl sites for hydroxylation is 1. The zero-order valence-electron chi connectivity index (χ0n) is 12.7. The number of aromatic nitrogens is 1. The Morgan fingerprint density at radius 1 is 1.24 bits per heavy atom. The number of pyridine rings is 1. The van der Waals surface area contributed by atoms with Gasteiger partial charge in [0.25, 0.3) is 0 Å². The third kappa shape index (κ3) is 2.54. The van der Waals surface area contributed by atoms with E-state index in [1.807, 2.05) is 24.4 Å². The smallest absolute Gasteiger partial charge is 0.118 e. The van der Waals surface area contributed by atoms with Crippen LogP contribution in [0, 0.1) is 0 Å². The minimum atomic E-state index is -0.421. The van der Waals surface area contributed by atoms with Crippen LogP contribution in [0.5, 0.6) is 5.75 Å². The highest BCUT2D eigenvalue weighted by Gasteiger charge is 2.36. The number of fused-ring (bicyclic) bond motifs is 1. The summed E-state index contributed by atoms with van der Waals surface area (Å²) in [7, 11) is 1.68. The number of benzene rings is 1. The molecule has 2 atom stereocenters. The van der Waals surface area contributed by atoms with Gasteiger partial charge < -0.3 is 10.5 Å². The molecule has 0 bridgehead atoms. The summed E-state index contributed by atoms with van der Waals surface area (Å²) in [6.07, 6.45) is 5.25. The zero-order chi connectivity index (χ0) is 14.9. The van der Waals surface area contributed by atoms with Crippen molar-refractivity contribution in [3.8, 4) is 5.75 Å². The van der Waals surface area contributed by atoms with E-state index < -0.39 is 5.54 Å². The number of rotatable bonds is 3. The Kier molecular flexibility index (Phi) is 3.68. The molecule has 1 aliphatic rings. The lowest BCUT2D eigenvalue weighted by molar-refractivity contribution is 0.340. The topological polar surface area (TPSA) is 48.1 Å². The van der Waals surface area contributed by atoms with E-state index in [2.05, 4.69) is 30.1 Å². The van der Waals surface area contributed by atoms with Gasteiger partial charge in [-0.3, -0.25) is 4.98 Å². The van der Waals surface area contributed by atoms with E-state index in [0.29, 0.717) is 0 Å². The van der Waals surface area contributed by atoms with Crippen molar-refractivity contribution in [2.75, 3.05) is 7.11 Å². The molecule has 2 aromatic rings. The average molecular weight is 282 g/mol. The fraction of sp³-hybridized carbons (Fsp3) is 0.389. The SMILES string of the molecule is COc1ccc(C(C)(N)C2CCCc3cccnc32)cc1. The summed E-state index contributed by atoms with van der Waals surface area (Å²) in [4.78, 5) is 4.62. The van der Waals surface area contributed by atoms with Gasteiger partial charge in [0.1, 0.15) is 5.75 Å². The fourth-order valence-electron chi connectivity index (χ4n) is 3.34. The summed E-state index contributed by atoms with van der Waals surface area (Å²) in [5.74, 6) is 1.12. The maximum atomic E-state index is 6.74. The second-order valence-electron chi connectivity index (χ2n) is 6.00. The van der Waals surface area contributed by atoms with Crippen molar-refractivity contribution in [3.05, 3.63) is 59.4 Å². The highest BCUT2D eigenvalue weighted by atomic mass is 16.5. The Labute approximate surface area is 126 Å². The van der Waals surface area contributed by atoms with E-state index >= 15 is 0 Å². The molecule has 3 rings (SSSR count). The van der Waals surface area contributed by atoms with Gasteiger partial charge in [-0.25, -0.2) is 0 Å². The molecule has 0 saturated heterocycles. The maximum Gasteiger partial charge on any atom is 0.118 e. The summed E-state index contributed by atoms with van der Waals surface area (Å²) in [5.41, 5.74) is 9.97. The summed E-state index contributed by atoms with van der Waals surface area (Å²) in [6.45, 7) is 2.11. The molecule has 0 saturated carbocycles. The first-order valence-electron chi connectivity index (χ1n) is 7.50. The van der Waals surface area contributed by atoms with Crippen LogP contribution in [0.2, 0.25) is 0 Å². The van der Waals surface area contributed by atoms with Gasteiger partial charge in [-0.1, -0.05) is 18.2 Å². The molecule has 0 amide bonds. The van der Waals surface area contributed by atoms with Crippen molar-refractivity contribution in [1.29, 1.82) is 0 Å². The molecule has 3 heteroatoms. The van der Waals surface area contributed by atoms with Gasteiger partial charge in [-0.05, 0) is 55.5 Å². The second-order valence-corrected chi connectivity index (χ2v) is 6.00. The summed E-state index contributed by atoms with van der Waals surface area (Å²) < 4.78 is 5.23. The number of ether oxygens (including phenoxy) is 1. The monoisotopic (exact) mass is 282 g/mol. The molecule has 1 aromatic heterocycles. The van der Waals surface area contributed by atoms with Crippen molar-refractivity contribution in [3.63, 3.8) is 0 Å². The fourth-order valence-corrected chi connectivity index (χ4v) is 3.34. The van der Waals surface area contributed by atoms with E-state index in [-0.39, 0.29) is 5.92 Å². The van der Waals surface area contributed by atoms with Gasteiger partial charge in [-0.2, -0.15) is 0 Å². The number of methoxy groups -OCH3 is 1. The van der Waals surface area contributed by atoms with Crippen molar-refractivity contribution in [1.82, 2.24) is 4.98 Å². The maximum absolute atomic E-state index is 6.74. The molecule has 1 aromatic carbocycles. The summed E-state index contributed by atoms with van der Waals surface area (Å²) in [6, 6.07) is 12.3. The largest absolute Gasteiger partial charge is 0.497 e. The van der Waals surface area contributed by atoms with Crippen molar-refractivity contribution < 1.29 is 4.74 Å². The highest BCUT2D eigenvalue weighted by Crippen LogP contribution is 2.41.